The third kappa shape index (κ3) is 3.74. The SMILES string of the molecule is CC(C)c1cccc(CN2C(=O)NC(Cc3cn(C(C)C)nn3)C2=O)n1. The van der Waals surface area contributed by atoms with Crippen LogP contribution in [0.3, 0.4) is 0 Å². The van der Waals surface area contributed by atoms with Crippen molar-refractivity contribution in [3.05, 3.63) is 41.5 Å². The lowest BCUT2D eigenvalue weighted by Crippen LogP contribution is -2.32. The van der Waals surface area contributed by atoms with Gasteiger partial charge in [-0.25, -0.2) is 9.48 Å². The summed E-state index contributed by atoms with van der Waals surface area (Å²) in [6, 6.07) is 4.86. The highest BCUT2D eigenvalue weighted by molar-refractivity contribution is 6.04. The maximum atomic E-state index is 12.6. The third-order valence-electron chi connectivity index (χ3n) is 4.35. The van der Waals surface area contributed by atoms with Gasteiger partial charge in [0.2, 0.25) is 0 Å². The van der Waals surface area contributed by atoms with Crippen LogP contribution in [-0.4, -0.2) is 42.9 Å². The van der Waals surface area contributed by atoms with E-state index in [1.54, 1.807) is 10.9 Å². The first kappa shape index (κ1) is 18.0. The maximum Gasteiger partial charge on any atom is 0.325 e. The molecule has 0 saturated carbocycles. The fourth-order valence-corrected chi connectivity index (χ4v) is 2.80. The quantitative estimate of drug-likeness (QED) is 0.800. The monoisotopic (exact) mass is 356 g/mol. The Morgan fingerprint density at radius 2 is 1.92 bits per heavy atom. The summed E-state index contributed by atoms with van der Waals surface area (Å²) >= 11 is 0. The average Bonchev–Trinajstić information content (AvgIpc) is 3.16. The van der Waals surface area contributed by atoms with Crippen LogP contribution >= 0.6 is 0 Å². The Bertz CT molecular complexity index is 814. The van der Waals surface area contributed by atoms with Gasteiger partial charge in [-0.15, -0.1) is 5.10 Å². The Kier molecular flexibility index (Phi) is 5.01. The van der Waals surface area contributed by atoms with Gasteiger partial charge in [0.05, 0.1) is 17.9 Å². The first-order valence-electron chi connectivity index (χ1n) is 8.83. The van der Waals surface area contributed by atoms with Crippen LogP contribution in [0, 0.1) is 0 Å². The first-order chi connectivity index (χ1) is 12.3. The summed E-state index contributed by atoms with van der Waals surface area (Å²) < 4.78 is 1.73. The van der Waals surface area contributed by atoms with Crippen LogP contribution in [0.5, 0.6) is 0 Å². The summed E-state index contributed by atoms with van der Waals surface area (Å²) in [6.07, 6.45) is 2.13. The highest BCUT2D eigenvalue weighted by Crippen LogP contribution is 2.16. The van der Waals surface area contributed by atoms with Gasteiger partial charge in [-0.1, -0.05) is 25.1 Å². The Balaban J connectivity index is 1.69. The molecule has 1 aliphatic rings. The normalized spacial score (nSPS) is 17.5. The van der Waals surface area contributed by atoms with Gasteiger partial charge in [0.15, 0.2) is 0 Å². The topological polar surface area (TPSA) is 93.0 Å². The predicted octanol–water partition coefficient (Wildman–Crippen LogP) is 2.04. The average molecular weight is 356 g/mol. The van der Waals surface area contributed by atoms with Crippen LogP contribution in [0.1, 0.15) is 56.7 Å². The molecule has 0 spiro atoms. The van der Waals surface area contributed by atoms with Gasteiger partial charge in [-0.3, -0.25) is 14.7 Å². The second kappa shape index (κ2) is 7.23. The van der Waals surface area contributed by atoms with Crippen LogP contribution in [0.4, 0.5) is 4.79 Å². The van der Waals surface area contributed by atoms with E-state index in [0.29, 0.717) is 17.8 Å². The fourth-order valence-electron chi connectivity index (χ4n) is 2.80. The van der Waals surface area contributed by atoms with Crippen molar-refractivity contribution in [1.29, 1.82) is 0 Å². The molecule has 1 fully saturated rings. The molecule has 0 bridgehead atoms. The van der Waals surface area contributed by atoms with Crippen molar-refractivity contribution in [2.45, 2.75) is 58.7 Å². The molecule has 3 amide bonds. The first-order valence-corrected chi connectivity index (χ1v) is 8.83. The van der Waals surface area contributed by atoms with Gasteiger partial charge in [-0.05, 0) is 31.9 Å². The van der Waals surface area contributed by atoms with Crippen molar-refractivity contribution in [3.8, 4) is 0 Å². The van der Waals surface area contributed by atoms with Crippen molar-refractivity contribution in [2.24, 2.45) is 0 Å². The maximum absolute atomic E-state index is 12.6. The lowest BCUT2D eigenvalue weighted by Gasteiger charge is -2.13. The molecule has 138 valence electrons. The van der Waals surface area contributed by atoms with E-state index < -0.39 is 12.1 Å². The zero-order chi connectivity index (χ0) is 18.8. The van der Waals surface area contributed by atoms with E-state index in [4.69, 9.17) is 0 Å². The molecule has 0 aromatic carbocycles. The lowest BCUT2D eigenvalue weighted by molar-refractivity contribution is -0.127. The number of nitrogens with one attached hydrogen (secondary N) is 1. The van der Waals surface area contributed by atoms with E-state index in [1.165, 1.54) is 4.90 Å². The highest BCUT2D eigenvalue weighted by atomic mass is 16.2. The molecule has 1 saturated heterocycles. The summed E-state index contributed by atoms with van der Waals surface area (Å²) in [7, 11) is 0. The second-order valence-corrected chi connectivity index (χ2v) is 7.12. The largest absolute Gasteiger partial charge is 0.325 e. The number of carbonyl (C=O) groups is 2. The molecule has 0 radical (unpaired) electrons. The predicted molar refractivity (Wildman–Crippen MR) is 95.3 cm³/mol. The lowest BCUT2D eigenvalue weighted by atomic mass is 10.1. The molecule has 8 nitrogen and oxygen atoms in total. The summed E-state index contributed by atoms with van der Waals surface area (Å²) in [5, 5.41) is 10.8. The van der Waals surface area contributed by atoms with Gasteiger partial charge in [0.25, 0.3) is 5.91 Å². The van der Waals surface area contributed by atoms with Gasteiger partial charge in [0.1, 0.15) is 6.04 Å². The minimum absolute atomic E-state index is 0.167. The molecular formula is C18H24N6O2. The zero-order valence-corrected chi connectivity index (χ0v) is 15.5. The summed E-state index contributed by atoms with van der Waals surface area (Å²) in [4.78, 5) is 30.6. The molecule has 2 aromatic rings. The molecule has 1 N–H and O–H groups in total. The minimum Gasteiger partial charge on any atom is -0.325 e. The van der Waals surface area contributed by atoms with Crippen molar-refractivity contribution >= 4 is 11.9 Å². The van der Waals surface area contributed by atoms with E-state index in [2.05, 4.69) is 34.5 Å². The summed E-state index contributed by atoms with van der Waals surface area (Å²) in [6.45, 7) is 8.28. The molecule has 1 atom stereocenters. The van der Waals surface area contributed by atoms with E-state index >= 15 is 0 Å². The number of imide groups is 1. The van der Waals surface area contributed by atoms with Crippen molar-refractivity contribution in [2.75, 3.05) is 0 Å². The van der Waals surface area contributed by atoms with E-state index in [-0.39, 0.29) is 24.4 Å². The van der Waals surface area contributed by atoms with E-state index in [1.807, 2.05) is 32.0 Å². The van der Waals surface area contributed by atoms with Crippen LogP contribution in [0.15, 0.2) is 24.4 Å². The Morgan fingerprint density at radius 3 is 2.58 bits per heavy atom. The van der Waals surface area contributed by atoms with E-state index in [0.717, 1.165) is 5.69 Å². The number of urea groups is 1. The van der Waals surface area contributed by atoms with Crippen LogP contribution in [0.2, 0.25) is 0 Å². The third-order valence-corrected chi connectivity index (χ3v) is 4.35. The van der Waals surface area contributed by atoms with Crippen LogP contribution in [-0.2, 0) is 17.8 Å². The number of hydrogen-bond acceptors (Lipinski definition) is 5. The van der Waals surface area contributed by atoms with Gasteiger partial charge in [0, 0.05) is 24.4 Å². The van der Waals surface area contributed by atoms with Crippen molar-refractivity contribution in [3.63, 3.8) is 0 Å². The Labute approximate surface area is 152 Å². The standard InChI is InChI=1S/C18H24N6O2/c1-11(2)15-7-5-6-13(19-15)9-23-17(25)16(20-18(23)26)8-14-10-24(12(3)4)22-21-14/h5-7,10-12,16H,8-9H2,1-4H3,(H,20,26). The number of pyridine rings is 1. The van der Waals surface area contributed by atoms with Gasteiger partial charge in [-0.2, -0.15) is 0 Å². The summed E-state index contributed by atoms with van der Waals surface area (Å²) in [5.41, 5.74) is 2.32. The summed E-state index contributed by atoms with van der Waals surface area (Å²) in [5.74, 6) is 0.0280. The second-order valence-electron chi connectivity index (χ2n) is 7.12. The molecule has 26 heavy (non-hydrogen) atoms. The molecule has 1 unspecified atom stereocenters. The highest BCUT2D eigenvalue weighted by Gasteiger charge is 2.38. The Morgan fingerprint density at radius 1 is 1.15 bits per heavy atom. The fraction of sp³-hybridized carbons (Fsp3) is 0.500. The van der Waals surface area contributed by atoms with E-state index in [9.17, 15) is 9.59 Å². The number of aromatic nitrogens is 4. The van der Waals surface area contributed by atoms with Crippen LogP contribution < -0.4 is 5.32 Å². The number of carbonyl (C=O) groups excluding carboxylic acids is 2. The molecule has 1 aliphatic heterocycles. The molecule has 0 aliphatic carbocycles. The van der Waals surface area contributed by atoms with Crippen LogP contribution in [0.25, 0.3) is 0 Å². The number of rotatable bonds is 6. The molecule has 2 aromatic heterocycles. The molecule has 3 rings (SSSR count). The molecule has 3 heterocycles. The van der Waals surface area contributed by atoms with Gasteiger partial charge < -0.3 is 5.32 Å². The minimum atomic E-state index is -0.618. The smallest absolute Gasteiger partial charge is 0.325 e. The number of hydrogen-bond donors (Lipinski definition) is 1. The van der Waals surface area contributed by atoms with Crippen molar-refractivity contribution < 1.29 is 9.59 Å². The van der Waals surface area contributed by atoms with Crippen molar-refractivity contribution in [1.82, 2.24) is 30.2 Å². The number of nitrogens with zero attached hydrogens (tertiary/aromatic N) is 5. The zero-order valence-electron chi connectivity index (χ0n) is 15.5. The molecule has 8 heteroatoms. The molecular weight excluding hydrogens is 332 g/mol. The number of amides is 3. The van der Waals surface area contributed by atoms with Gasteiger partial charge >= 0.3 is 6.03 Å². The Hall–Kier alpha value is -2.77.